The highest BCUT2D eigenvalue weighted by Gasteiger charge is 2.39. The van der Waals surface area contributed by atoms with E-state index in [2.05, 4.69) is 4.98 Å². The number of pyridine rings is 1. The first-order valence-corrected chi connectivity index (χ1v) is 7.06. The maximum Gasteiger partial charge on any atom is 0.255 e. The van der Waals surface area contributed by atoms with Gasteiger partial charge in [-0.25, -0.2) is 0 Å². The van der Waals surface area contributed by atoms with E-state index in [1.165, 1.54) is 0 Å². The average Bonchev–Trinajstić information content (AvgIpc) is 2.88. The molecule has 1 unspecified atom stereocenters. The zero-order valence-electron chi connectivity index (χ0n) is 11.7. The van der Waals surface area contributed by atoms with Gasteiger partial charge in [0, 0.05) is 11.8 Å². The summed E-state index contributed by atoms with van der Waals surface area (Å²) in [5.74, 6) is 0.723. The van der Waals surface area contributed by atoms with Gasteiger partial charge in [0.05, 0.1) is 11.1 Å². The lowest BCUT2D eigenvalue weighted by molar-refractivity contribution is 0.117. The molecular weight excluding hydrogens is 262 g/mol. The summed E-state index contributed by atoms with van der Waals surface area (Å²) in [6.07, 6.45) is 0.590. The lowest BCUT2D eigenvalue weighted by Crippen LogP contribution is -2.27. The minimum Gasteiger partial charge on any atom is -0.481 e. The van der Waals surface area contributed by atoms with Crippen LogP contribution in [0, 0.1) is 0 Å². The monoisotopic (exact) mass is 277 g/mol. The molecule has 1 aliphatic rings. The number of ether oxygens (including phenoxy) is 1. The number of nitrogens with one attached hydrogen (secondary N) is 1. The van der Waals surface area contributed by atoms with Crippen LogP contribution in [0.3, 0.4) is 0 Å². The second-order valence-corrected chi connectivity index (χ2v) is 5.68. The maximum absolute atomic E-state index is 12.3. The number of H-pyrrole nitrogens is 1. The van der Waals surface area contributed by atoms with E-state index in [0.29, 0.717) is 6.42 Å². The van der Waals surface area contributed by atoms with Crippen LogP contribution < -0.4 is 10.3 Å². The van der Waals surface area contributed by atoms with Crippen molar-refractivity contribution in [3.63, 3.8) is 0 Å². The van der Waals surface area contributed by atoms with Crippen molar-refractivity contribution >= 4 is 10.9 Å². The largest absolute Gasteiger partial charge is 0.481 e. The number of aromatic amines is 1. The van der Waals surface area contributed by atoms with Crippen LogP contribution in [0.5, 0.6) is 5.75 Å². The van der Waals surface area contributed by atoms with Crippen LogP contribution in [0.1, 0.15) is 18.1 Å². The van der Waals surface area contributed by atoms with Crippen LogP contribution in [0.25, 0.3) is 10.9 Å². The molecule has 2 heterocycles. The maximum atomic E-state index is 12.3. The Morgan fingerprint density at radius 2 is 1.76 bits per heavy atom. The first-order chi connectivity index (χ1) is 10.2. The Morgan fingerprint density at radius 3 is 2.57 bits per heavy atom. The predicted molar refractivity (Wildman–Crippen MR) is 82.7 cm³/mol. The number of hydrogen-bond donors (Lipinski definition) is 1. The SMILES string of the molecule is CC1(c2ccccc2)Cc2c(c3ccccc3[nH]c2=O)O1. The van der Waals surface area contributed by atoms with E-state index in [9.17, 15) is 4.79 Å². The van der Waals surface area contributed by atoms with Crippen molar-refractivity contribution in [2.24, 2.45) is 0 Å². The van der Waals surface area contributed by atoms with Crippen LogP contribution in [0.4, 0.5) is 0 Å². The summed E-state index contributed by atoms with van der Waals surface area (Å²) in [5.41, 5.74) is 2.10. The second-order valence-electron chi connectivity index (χ2n) is 5.68. The summed E-state index contributed by atoms with van der Waals surface area (Å²) >= 11 is 0. The molecule has 3 heteroatoms. The molecule has 0 bridgehead atoms. The van der Waals surface area contributed by atoms with Gasteiger partial charge in [-0.15, -0.1) is 0 Å². The summed E-state index contributed by atoms with van der Waals surface area (Å²) in [7, 11) is 0. The zero-order chi connectivity index (χ0) is 14.4. The highest BCUT2D eigenvalue weighted by atomic mass is 16.5. The molecule has 1 atom stereocenters. The molecular formula is C18H15NO2. The second kappa shape index (κ2) is 4.22. The summed E-state index contributed by atoms with van der Waals surface area (Å²) in [6.45, 7) is 2.04. The highest BCUT2D eigenvalue weighted by Crippen LogP contribution is 2.42. The third-order valence-electron chi connectivity index (χ3n) is 4.19. The zero-order valence-corrected chi connectivity index (χ0v) is 11.7. The van der Waals surface area contributed by atoms with Gasteiger partial charge >= 0.3 is 0 Å². The van der Waals surface area contributed by atoms with E-state index in [0.717, 1.165) is 27.8 Å². The first kappa shape index (κ1) is 12.2. The molecule has 2 aromatic carbocycles. The van der Waals surface area contributed by atoms with Gasteiger partial charge in [0.15, 0.2) is 0 Å². The minimum atomic E-state index is -0.485. The van der Waals surface area contributed by atoms with E-state index >= 15 is 0 Å². The fourth-order valence-electron chi connectivity index (χ4n) is 3.08. The lowest BCUT2D eigenvalue weighted by atomic mass is 9.91. The van der Waals surface area contributed by atoms with Crippen molar-refractivity contribution in [2.45, 2.75) is 18.9 Å². The van der Waals surface area contributed by atoms with Crippen molar-refractivity contribution < 1.29 is 4.74 Å². The van der Waals surface area contributed by atoms with Crippen molar-refractivity contribution in [1.82, 2.24) is 4.98 Å². The normalized spacial score (nSPS) is 20.2. The number of aromatic nitrogens is 1. The fraction of sp³-hybridized carbons (Fsp3) is 0.167. The van der Waals surface area contributed by atoms with Crippen LogP contribution in [0.2, 0.25) is 0 Å². The highest BCUT2D eigenvalue weighted by molar-refractivity contribution is 5.86. The molecule has 0 aliphatic carbocycles. The van der Waals surface area contributed by atoms with Crippen molar-refractivity contribution in [2.75, 3.05) is 0 Å². The average molecular weight is 277 g/mol. The van der Waals surface area contributed by atoms with Gasteiger partial charge < -0.3 is 9.72 Å². The Bertz CT molecular complexity index is 883. The molecule has 4 rings (SSSR count). The van der Waals surface area contributed by atoms with Gasteiger partial charge in [0.2, 0.25) is 0 Å². The quantitative estimate of drug-likeness (QED) is 0.741. The molecule has 0 radical (unpaired) electrons. The molecule has 104 valence electrons. The molecule has 0 saturated carbocycles. The van der Waals surface area contributed by atoms with Crippen molar-refractivity contribution in [3.8, 4) is 5.75 Å². The third kappa shape index (κ3) is 1.77. The Hall–Kier alpha value is -2.55. The van der Waals surface area contributed by atoms with Gasteiger partial charge in [0.25, 0.3) is 5.56 Å². The molecule has 1 N–H and O–H groups in total. The molecule has 0 amide bonds. The third-order valence-corrected chi connectivity index (χ3v) is 4.19. The van der Waals surface area contributed by atoms with E-state index in [1.54, 1.807) is 0 Å². The summed E-state index contributed by atoms with van der Waals surface area (Å²) in [6, 6.07) is 17.8. The van der Waals surface area contributed by atoms with Gasteiger partial charge in [-0.3, -0.25) is 4.79 Å². The number of benzene rings is 2. The van der Waals surface area contributed by atoms with Gasteiger partial charge in [-0.05, 0) is 24.6 Å². The Balaban J connectivity index is 1.93. The van der Waals surface area contributed by atoms with Crippen LogP contribution >= 0.6 is 0 Å². The van der Waals surface area contributed by atoms with Gasteiger partial charge in [-0.2, -0.15) is 0 Å². The van der Waals surface area contributed by atoms with E-state index in [1.807, 2.05) is 61.5 Å². The van der Waals surface area contributed by atoms with E-state index in [-0.39, 0.29) is 5.56 Å². The van der Waals surface area contributed by atoms with Crippen molar-refractivity contribution in [3.05, 3.63) is 76.1 Å². The van der Waals surface area contributed by atoms with E-state index in [4.69, 9.17) is 4.74 Å². The minimum absolute atomic E-state index is 0.0524. The smallest absolute Gasteiger partial charge is 0.255 e. The molecule has 0 saturated heterocycles. The molecule has 0 spiro atoms. The van der Waals surface area contributed by atoms with Gasteiger partial charge in [-0.1, -0.05) is 42.5 Å². The first-order valence-electron chi connectivity index (χ1n) is 7.06. The van der Waals surface area contributed by atoms with E-state index < -0.39 is 5.60 Å². The molecule has 3 nitrogen and oxygen atoms in total. The summed E-state index contributed by atoms with van der Waals surface area (Å²) in [5, 5.41) is 0.965. The molecule has 21 heavy (non-hydrogen) atoms. The summed E-state index contributed by atoms with van der Waals surface area (Å²) < 4.78 is 6.25. The topological polar surface area (TPSA) is 42.1 Å². The number of fused-ring (bicyclic) bond motifs is 3. The number of rotatable bonds is 1. The Labute approximate surface area is 122 Å². The molecule has 1 aromatic heterocycles. The Kier molecular flexibility index (Phi) is 2.45. The van der Waals surface area contributed by atoms with Crippen molar-refractivity contribution in [1.29, 1.82) is 0 Å². The molecule has 3 aromatic rings. The number of hydrogen-bond acceptors (Lipinski definition) is 2. The predicted octanol–water partition coefficient (Wildman–Crippen LogP) is 3.38. The Morgan fingerprint density at radius 1 is 1.05 bits per heavy atom. The van der Waals surface area contributed by atoms with Crippen LogP contribution in [-0.2, 0) is 12.0 Å². The standard InChI is InChI=1S/C18H15NO2/c1-18(12-7-3-2-4-8-12)11-14-16(21-18)13-9-5-6-10-15(13)19-17(14)20/h2-10H,11H2,1H3,(H,19,20). The lowest BCUT2D eigenvalue weighted by Gasteiger charge is -2.24. The number of para-hydroxylation sites is 1. The molecule has 1 aliphatic heterocycles. The van der Waals surface area contributed by atoms with Crippen LogP contribution in [0.15, 0.2) is 59.4 Å². The van der Waals surface area contributed by atoms with Crippen LogP contribution in [-0.4, -0.2) is 4.98 Å². The summed E-state index contributed by atoms with van der Waals surface area (Å²) in [4.78, 5) is 15.3. The van der Waals surface area contributed by atoms with Gasteiger partial charge in [0.1, 0.15) is 11.4 Å². The fourth-order valence-corrected chi connectivity index (χ4v) is 3.08. The molecule has 0 fully saturated rings.